The zero-order valence-electron chi connectivity index (χ0n) is 28.0. The molecule has 1 aromatic carbocycles. The number of phenolic OH excluding ortho intramolecular Hbond substituents is 1. The first kappa shape index (κ1) is 38.1. The van der Waals surface area contributed by atoms with Crippen LogP contribution in [0.1, 0.15) is 186 Å². The van der Waals surface area contributed by atoms with Crippen molar-refractivity contribution < 1.29 is 24.5 Å². The fourth-order valence-corrected chi connectivity index (χ4v) is 5.96. The Hall–Kier alpha value is -1.91. The van der Waals surface area contributed by atoms with Crippen LogP contribution in [0.3, 0.4) is 0 Å². The summed E-state index contributed by atoms with van der Waals surface area (Å²) in [6.07, 6.45) is 26.8. The Balaban J connectivity index is 3.40. The van der Waals surface area contributed by atoms with Gasteiger partial charge in [-0.3, -0.25) is 0 Å². The molecule has 0 amide bonds. The predicted molar refractivity (Wildman–Crippen MR) is 178 cm³/mol. The molecule has 0 aromatic heterocycles. The maximum Gasteiger partial charge on any atom is 0.511 e. The second kappa shape index (κ2) is 25.6. The van der Waals surface area contributed by atoms with Crippen LogP contribution >= 0.6 is 0 Å². The predicted octanol–water partition coefficient (Wildman–Crippen LogP) is 12.1. The molecule has 0 spiro atoms. The summed E-state index contributed by atoms with van der Waals surface area (Å²) in [5.74, 6) is 0.487. The van der Waals surface area contributed by atoms with E-state index < -0.39 is 6.16 Å². The molecule has 0 heterocycles. The molecule has 244 valence electrons. The zero-order valence-corrected chi connectivity index (χ0v) is 28.0. The van der Waals surface area contributed by atoms with E-state index in [-0.39, 0.29) is 11.5 Å². The Labute approximate surface area is 259 Å². The lowest BCUT2D eigenvalue weighted by atomic mass is 9.88. The monoisotopic (exact) mass is 590 g/mol. The van der Waals surface area contributed by atoms with Gasteiger partial charge in [-0.15, -0.1) is 0 Å². The van der Waals surface area contributed by atoms with Crippen molar-refractivity contribution in [1.82, 2.24) is 0 Å². The third-order valence-electron chi connectivity index (χ3n) is 8.48. The molecular weight excluding hydrogens is 524 g/mol. The van der Waals surface area contributed by atoms with Crippen molar-refractivity contribution >= 4 is 6.16 Å². The van der Waals surface area contributed by atoms with Gasteiger partial charge in [0.1, 0.15) is 0 Å². The molecule has 0 fully saturated rings. The number of hydrogen-bond acceptors (Lipinski definition) is 4. The van der Waals surface area contributed by atoms with Gasteiger partial charge in [0.2, 0.25) is 5.75 Å². The maximum atomic E-state index is 11.8. The van der Waals surface area contributed by atoms with Gasteiger partial charge in [0.25, 0.3) is 0 Å². The maximum absolute atomic E-state index is 11.8. The number of unbranched alkanes of at least 4 members (excludes halogenated alkanes) is 18. The van der Waals surface area contributed by atoms with Crippen molar-refractivity contribution in [3.63, 3.8) is 0 Å². The van der Waals surface area contributed by atoms with E-state index in [1.807, 2.05) is 0 Å². The molecule has 1 rings (SSSR count). The molecule has 0 unspecified atom stereocenters. The molecule has 1 aromatic rings. The van der Waals surface area contributed by atoms with Gasteiger partial charge in [0, 0.05) is 11.1 Å². The van der Waals surface area contributed by atoms with Crippen molar-refractivity contribution in [2.75, 3.05) is 6.61 Å². The van der Waals surface area contributed by atoms with Crippen molar-refractivity contribution in [3.05, 3.63) is 16.7 Å². The normalized spacial score (nSPS) is 11.2. The van der Waals surface area contributed by atoms with Gasteiger partial charge in [-0.25, -0.2) is 4.79 Å². The van der Waals surface area contributed by atoms with Crippen LogP contribution < -0.4 is 9.47 Å². The number of hydrogen-bond donors (Lipinski definition) is 2. The van der Waals surface area contributed by atoms with Gasteiger partial charge in [-0.2, -0.15) is 0 Å². The van der Waals surface area contributed by atoms with Gasteiger partial charge in [-0.1, -0.05) is 143 Å². The quantitative estimate of drug-likeness (QED) is 0.0576. The highest BCUT2D eigenvalue weighted by atomic mass is 16.7. The molecule has 2 N–H and O–H groups in total. The molecule has 0 saturated heterocycles. The van der Waals surface area contributed by atoms with Crippen LogP contribution in [0, 0.1) is 0 Å². The van der Waals surface area contributed by atoms with E-state index in [9.17, 15) is 15.0 Å². The van der Waals surface area contributed by atoms with E-state index in [4.69, 9.17) is 9.47 Å². The number of carboxylic acid groups (broad SMARTS) is 1. The molecule has 5 heteroatoms. The molecule has 0 atom stereocenters. The van der Waals surface area contributed by atoms with E-state index >= 15 is 0 Å². The third-order valence-corrected chi connectivity index (χ3v) is 8.48. The molecule has 0 aliphatic rings. The number of rotatable bonds is 28. The van der Waals surface area contributed by atoms with E-state index in [1.54, 1.807) is 0 Å². The number of benzene rings is 1. The van der Waals surface area contributed by atoms with E-state index in [0.29, 0.717) is 12.4 Å². The summed E-state index contributed by atoms with van der Waals surface area (Å²) < 4.78 is 11.7. The molecule has 0 radical (unpaired) electrons. The molecule has 5 nitrogen and oxygen atoms in total. The van der Waals surface area contributed by atoms with Crippen LogP contribution in [0.15, 0.2) is 0 Å². The van der Waals surface area contributed by atoms with Crippen LogP contribution in [-0.4, -0.2) is 23.0 Å². The van der Waals surface area contributed by atoms with Crippen LogP contribution in [0.2, 0.25) is 0 Å². The fraction of sp³-hybridized carbons (Fsp3) is 0.811. The van der Waals surface area contributed by atoms with Gasteiger partial charge in [0.05, 0.1) is 6.61 Å². The summed E-state index contributed by atoms with van der Waals surface area (Å²) in [5, 5.41) is 21.2. The summed E-state index contributed by atoms with van der Waals surface area (Å²) in [7, 11) is 0. The minimum absolute atomic E-state index is 0.0119. The second-order valence-electron chi connectivity index (χ2n) is 12.3. The average Bonchev–Trinajstić information content (AvgIpc) is 2.97. The standard InChI is InChI=1S/C37H66O5/c1-5-9-13-17-20-23-27-31-32(28-24-21-18-14-10-6-2)34(38)36(42-37(39)40)35(41-30-26-16-12-8-4)33(31)29-25-22-19-15-11-7-3/h38H,5-30H2,1-4H3,(H,39,40). The van der Waals surface area contributed by atoms with Crippen LogP contribution in [-0.2, 0) is 19.3 Å². The second-order valence-corrected chi connectivity index (χ2v) is 12.3. The minimum atomic E-state index is -1.40. The van der Waals surface area contributed by atoms with Crippen molar-refractivity contribution in [1.29, 1.82) is 0 Å². The van der Waals surface area contributed by atoms with Crippen LogP contribution in [0.4, 0.5) is 4.79 Å². The van der Waals surface area contributed by atoms with Crippen LogP contribution in [0.5, 0.6) is 17.2 Å². The van der Waals surface area contributed by atoms with Gasteiger partial charge >= 0.3 is 6.16 Å². The average molecular weight is 591 g/mol. The zero-order chi connectivity index (χ0) is 30.8. The lowest BCUT2D eigenvalue weighted by Gasteiger charge is -2.24. The summed E-state index contributed by atoms with van der Waals surface area (Å²) >= 11 is 0. The molecule has 0 bridgehead atoms. The minimum Gasteiger partial charge on any atom is -0.504 e. The Morgan fingerprint density at radius 1 is 0.500 bits per heavy atom. The topological polar surface area (TPSA) is 76.0 Å². The van der Waals surface area contributed by atoms with Gasteiger partial charge in [-0.05, 0) is 50.5 Å². The first-order chi connectivity index (χ1) is 20.5. The Morgan fingerprint density at radius 2 is 0.881 bits per heavy atom. The number of aromatic hydroxyl groups is 1. The first-order valence-electron chi connectivity index (χ1n) is 17.9. The summed E-state index contributed by atoms with van der Waals surface area (Å²) in [4.78, 5) is 11.8. The summed E-state index contributed by atoms with van der Waals surface area (Å²) in [5.41, 5.74) is 3.19. The Morgan fingerprint density at radius 3 is 1.33 bits per heavy atom. The largest absolute Gasteiger partial charge is 0.511 e. The van der Waals surface area contributed by atoms with Crippen molar-refractivity contribution in [2.45, 2.75) is 188 Å². The highest BCUT2D eigenvalue weighted by Crippen LogP contribution is 2.47. The third kappa shape index (κ3) is 16.1. The molecule has 42 heavy (non-hydrogen) atoms. The molecule has 0 aliphatic heterocycles. The lowest BCUT2D eigenvalue weighted by Crippen LogP contribution is -2.12. The Kier molecular flexibility index (Phi) is 23.2. The van der Waals surface area contributed by atoms with Crippen LogP contribution in [0.25, 0.3) is 0 Å². The van der Waals surface area contributed by atoms with E-state index in [0.717, 1.165) is 88.2 Å². The summed E-state index contributed by atoms with van der Waals surface area (Å²) in [6.45, 7) is 9.41. The smallest absolute Gasteiger partial charge is 0.504 e. The highest BCUT2D eigenvalue weighted by Gasteiger charge is 2.27. The van der Waals surface area contributed by atoms with E-state index in [2.05, 4.69) is 27.7 Å². The molecule has 0 saturated carbocycles. The Bertz CT molecular complexity index is 819. The molecular formula is C37H66O5. The first-order valence-corrected chi connectivity index (χ1v) is 17.9. The fourth-order valence-electron chi connectivity index (χ4n) is 5.96. The number of phenols is 1. The SMILES string of the molecule is CCCCCCCCc1c(O)c(OC(=O)O)c(OCCCCCC)c(CCCCCCCC)c1CCCCCCCC. The number of carbonyl (C=O) groups is 1. The highest BCUT2D eigenvalue weighted by molar-refractivity contribution is 5.70. The van der Waals surface area contributed by atoms with Crippen molar-refractivity contribution in [2.24, 2.45) is 0 Å². The molecule has 0 aliphatic carbocycles. The number of ether oxygens (including phenoxy) is 2. The van der Waals surface area contributed by atoms with Gasteiger partial charge < -0.3 is 19.7 Å². The van der Waals surface area contributed by atoms with E-state index in [1.165, 1.54) is 89.0 Å². The summed E-state index contributed by atoms with van der Waals surface area (Å²) in [6, 6.07) is 0. The van der Waals surface area contributed by atoms with Crippen molar-refractivity contribution in [3.8, 4) is 17.2 Å². The van der Waals surface area contributed by atoms with Gasteiger partial charge in [0.15, 0.2) is 11.5 Å². The lowest BCUT2D eigenvalue weighted by molar-refractivity contribution is 0.140.